The molecule has 0 saturated carbocycles. The van der Waals surface area contributed by atoms with Crippen LogP contribution in [0.3, 0.4) is 0 Å². The number of benzene rings is 2. The summed E-state index contributed by atoms with van der Waals surface area (Å²) in [5, 5.41) is 13.0. The Labute approximate surface area is 149 Å². The molecule has 0 spiro atoms. The fraction of sp³-hybridized carbons (Fsp3) is 0.222. The third-order valence-electron chi connectivity index (χ3n) is 3.29. The van der Waals surface area contributed by atoms with Gasteiger partial charge in [-0.3, -0.25) is 19.7 Å². The first-order valence-corrected chi connectivity index (χ1v) is 7.83. The Hall–Kier alpha value is -3.42. The van der Waals surface area contributed by atoms with Crippen LogP contribution in [0.2, 0.25) is 0 Å². The Morgan fingerprint density at radius 2 is 1.88 bits per heavy atom. The second-order valence-electron chi connectivity index (χ2n) is 5.43. The number of carbonyl (C=O) groups excluding carboxylic acids is 2. The summed E-state index contributed by atoms with van der Waals surface area (Å²) in [5.41, 5.74) is 1.34. The van der Waals surface area contributed by atoms with Crippen molar-refractivity contribution in [2.75, 3.05) is 18.5 Å². The number of ether oxygens (including phenoxy) is 2. The number of hydrogen-bond acceptors (Lipinski definition) is 6. The van der Waals surface area contributed by atoms with E-state index in [9.17, 15) is 19.7 Å². The van der Waals surface area contributed by atoms with Crippen LogP contribution in [0.1, 0.15) is 12.0 Å². The van der Waals surface area contributed by atoms with Gasteiger partial charge in [0.2, 0.25) is 0 Å². The first kappa shape index (κ1) is 18.9. The molecule has 2 aromatic carbocycles. The lowest BCUT2D eigenvalue weighted by Gasteiger charge is -2.08. The highest BCUT2D eigenvalue weighted by Crippen LogP contribution is 2.15. The zero-order valence-corrected chi connectivity index (χ0v) is 14.1. The molecule has 0 unspecified atom stereocenters. The van der Waals surface area contributed by atoms with Crippen LogP contribution in [-0.4, -0.2) is 30.0 Å². The smallest absolute Gasteiger partial charge is 0.309 e. The maximum atomic E-state index is 11.7. The van der Waals surface area contributed by atoms with Gasteiger partial charge in [0.15, 0.2) is 6.61 Å². The third kappa shape index (κ3) is 6.23. The van der Waals surface area contributed by atoms with Crippen molar-refractivity contribution in [3.8, 4) is 5.75 Å². The number of esters is 1. The van der Waals surface area contributed by atoms with E-state index >= 15 is 0 Å². The maximum Gasteiger partial charge on any atom is 0.309 e. The second-order valence-corrected chi connectivity index (χ2v) is 5.43. The van der Waals surface area contributed by atoms with Gasteiger partial charge in [0.05, 0.1) is 18.0 Å². The van der Waals surface area contributed by atoms with E-state index in [-0.39, 0.29) is 18.7 Å². The summed E-state index contributed by atoms with van der Waals surface area (Å²) >= 11 is 0. The number of aryl methyl sites for hydroxylation is 1. The molecule has 0 aliphatic carbocycles. The normalized spacial score (nSPS) is 10.0. The molecule has 0 aliphatic heterocycles. The van der Waals surface area contributed by atoms with E-state index in [1.165, 1.54) is 24.3 Å². The number of amides is 1. The molecular weight excluding hydrogens is 340 g/mol. The van der Waals surface area contributed by atoms with E-state index < -0.39 is 23.4 Å². The monoisotopic (exact) mass is 358 g/mol. The molecule has 0 radical (unpaired) electrons. The van der Waals surface area contributed by atoms with Crippen molar-refractivity contribution in [1.29, 1.82) is 0 Å². The maximum absolute atomic E-state index is 11.7. The Balaban J connectivity index is 1.68. The molecule has 2 aromatic rings. The van der Waals surface area contributed by atoms with Gasteiger partial charge < -0.3 is 14.8 Å². The quantitative estimate of drug-likeness (QED) is 0.442. The van der Waals surface area contributed by atoms with Crippen LogP contribution in [0.4, 0.5) is 11.4 Å². The number of nitro benzene ring substituents is 1. The summed E-state index contributed by atoms with van der Waals surface area (Å²) in [7, 11) is 0. The van der Waals surface area contributed by atoms with Crippen molar-refractivity contribution in [1.82, 2.24) is 0 Å². The Kier molecular flexibility index (Phi) is 6.67. The molecule has 0 heterocycles. The predicted molar refractivity (Wildman–Crippen MR) is 94.0 cm³/mol. The number of anilines is 1. The second kappa shape index (κ2) is 9.16. The Bertz CT molecular complexity index is 789. The SMILES string of the molecule is Cc1cccc(OCCC(=O)OCC(=O)Nc2ccc([N+](=O)[O-])cc2)c1. The van der Waals surface area contributed by atoms with E-state index in [0.29, 0.717) is 11.4 Å². The fourth-order valence-electron chi connectivity index (χ4n) is 2.04. The molecule has 2 rings (SSSR count). The van der Waals surface area contributed by atoms with E-state index in [4.69, 9.17) is 9.47 Å². The van der Waals surface area contributed by atoms with Gasteiger partial charge >= 0.3 is 5.97 Å². The van der Waals surface area contributed by atoms with E-state index in [1.54, 1.807) is 6.07 Å². The lowest BCUT2D eigenvalue weighted by atomic mass is 10.2. The van der Waals surface area contributed by atoms with Crippen LogP contribution >= 0.6 is 0 Å². The van der Waals surface area contributed by atoms with Gasteiger partial charge in [-0.1, -0.05) is 12.1 Å². The van der Waals surface area contributed by atoms with Gasteiger partial charge in [0.1, 0.15) is 5.75 Å². The third-order valence-corrected chi connectivity index (χ3v) is 3.29. The van der Waals surface area contributed by atoms with Crippen molar-refractivity contribution < 1.29 is 24.0 Å². The highest BCUT2D eigenvalue weighted by Gasteiger charge is 2.10. The predicted octanol–water partition coefficient (Wildman–Crippen LogP) is 2.85. The van der Waals surface area contributed by atoms with Crippen LogP contribution in [0.25, 0.3) is 0 Å². The lowest BCUT2D eigenvalue weighted by molar-refractivity contribution is -0.384. The first-order valence-electron chi connectivity index (χ1n) is 7.83. The number of rotatable bonds is 8. The molecule has 26 heavy (non-hydrogen) atoms. The van der Waals surface area contributed by atoms with Crippen LogP contribution < -0.4 is 10.1 Å². The summed E-state index contributed by atoms with van der Waals surface area (Å²) in [5.74, 6) is -0.433. The zero-order valence-electron chi connectivity index (χ0n) is 14.1. The number of nitro groups is 1. The fourth-order valence-corrected chi connectivity index (χ4v) is 2.04. The highest BCUT2D eigenvalue weighted by atomic mass is 16.6. The van der Waals surface area contributed by atoms with E-state index in [1.807, 2.05) is 25.1 Å². The minimum atomic E-state index is -0.559. The Morgan fingerprint density at radius 1 is 1.15 bits per heavy atom. The van der Waals surface area contributed by atoms with Crippen molar-refractivity contribution in [3.63, 3.8) is 0 Å². The lowest BCUT2D eigenvalue weighted by Crippen LogP contribution is -2.21. The summed E-state index contributed by atoms with van der Waals surface area (Å²) < 4.78 is 10.3. The van der Waals surface area contributed by atoms with Crippen LogP contribution in [-0.2, 0) is 14.3 Å². The molecule has 0 aromatic heterocycles. The molecule has 0 fully saturated rings. The van der Waals surface area contributed by atoms with Crippen molar-refractivity contribution in [2.45, 2.75) is 13.3 Å². The highest BCUT2D eigenvalue weighted by molar-refractivity contribution is 5.92. The molecule has 0 aliphatic rings. The van der Waals surface area contributed by atoms with Crippen LogP contribution in [0.15, 0.2) is 48.5 Å². The van der Waals surface area contributed by atoms with Crippen LogP contribution in [0.5, 0.6) is 5.75 Å². The number of non-ortho nitro benzene ring substituents is 1. The van der Waals surface area contributed by atoms with Gasteiger partial charge in [0, 0.05) is 17.8 Å². The molecule has 0 bridgehead atoms. The van der Waals surface area contributed by atoms with Crippen molar-refractivity contribution >= 4 is 23.3 Å². The minimum absolute atomic E-state index is 0.0127. The van der Waals surface area contributed by atoms with Gasteiger partial charge in [-0.25, -0.2) is 0 Å². The molecule has 8 nitrogen and oxygen atoms in total. The summed E-state index contributed by atoms with van der Waals surface area (Å²) in [4.78, 5) is 33.4. The standard InChI is InChI=1S/C18H18N2O6/c1-13-3-2-4-16(11-13)25-10-9-18(22)26-12-17(21)19-14-5-7-15(8-6-14)20(23)24/h2-8,11H,9-10,12H2,1H3,(H,19,21). The van der Waals surface area contributed by atoms with Gasteiger partial charge in [0.25, 0.3) is 11.6 Å². The molecule has 0 saturated heterocycles. The molecular formula is C18H18N2O6. The largest absolute Gasteiger partial charge is 0.493 e. The van der Waals surface area contributed by atoms with E-state index in [0.717, 1.165) is 5.56 Å². The molecule has 136 valence electrons. The topological polar surface area (TPSA) is 108 Å². The Morgan fingerprint density at radius 3 is 2.54 bits per heavy atom. The summed E-state index contributed by atoms with van der Waals surface area (Å²) in [6.07, 6.45) is 0.0127. The zero-order chi connectivity index (χ0) is 18.9. The van der Waals surface area contributed by atoms with Crippen molar-refractivity contribution in [3.05, 3.63) is 64.2 Å². The van der Waals surface area contributed by atoms with E-state index in [2.05, 4.69) is 5.32 Å². The molecule has 8 heteroatoms. The molecule has 0 atom stereocenters. The van der Waals surface area contributed by atoms with Gasteiger partial charge in [-0.05, 0) is 36.8 Å². The number of carbonyl (C=O) groups is 2. The molecule has 1 N–H and O–H groups in total. The minimum Gasteiger partial charge on any atom is -0.493 e. The van der Waals surface area contributed by atoms with Gasteiger partial charge in [-0.2, -0.15) is 0 Å². The van der Waals surface area contributed by atoms with Gasteiger partial charge in [-0.15, -0.1) is 0 Å². The average Bonchev–Trinajstić information content (AvgIpc) is 2.60. The number of hydrogen-bond donors (Lipinski definition) is 1. The number of nitrogens with zero attached hydrogens (tertiary/aromatic N) is 1. The number of nitrogens with one attached hydrogen (secondary N) is 1. The summed E-state index contributed by atoms with van der Waals surface area (Å²) in [6.45, 7) is 1.64. The van der Waals surface area contributed by atoms with Crippen LogP contribution in [0, 0.1) is 17.0 Å². The van der Waals surface area contributed by atoms with Crippen molar-refractivity contribution in [2.24, 2.45) is 0 Å². The average molecular weight is 358 g/mol. The first-order chi connectivity index (χ1) is 12.4. The summed E-state index contributed by atoms with van der Waals surface area (Å²) in [6, 6.07) is 12.8. The molecule has 1 amide bonds.